The van der Waals surface area contributed by atoms with E-state index >= 15 is 0 Å². The molecule has 5 N–H and O–H groups in total. The number of aliphatic hydroxyl groups is 1. The van der Waals surface area contributed by atoms with E-state index < -0.39 is 79.7 Å². The van der Waals surface area contributed by atoms with Crippen molar-refractivity contribution in [3.05, 3.63) is 63.2 Å². The Morgan fingerprint density at radius 3 is 2.51 bits per heavy atom. The van der Waals surface area contributed by atoms with Crippen molar-refractivity contribution in [1.82, 2.24) is 14.6 Å². The van der Waals surface area contributed by atoms with Crippen LogP contribution in [0.1, 0.15) is 33.9 Å². The van der Waals surface area contributed by atoms with E-state index in [4.69, 9.17) is 24.3 Å². The number of alkyl halides is 1. The second-order valence-electron chi connectivity index (χ2n) is 9.34. The number of esters is 1. The zero-order chi connectivity index (χ0) is 29.1. The number of hydrogen-bond acceptors (Lipinski definition) is 10. The second-order valence-corrected chi connectivity index (χ2v) is 11.0. The van der Waals surface area contributed by atoms with Crippen LogP contribution in [0.4, 0.5) is 8.78 Å². The van der Waals surface area contributed by atoms with Crippen LogP contribution >= 0.6 is 7.75 Å². The van der Waals surface area contributed by atoms with Crippen LogP contribution in [0.25, 0.3) is 0 Å². The topological polar surface area (TPSA) is 184 Å². The molecule has 1 aliphatic rings. The molecule has 0 spiro atoms. The lowest BCUT2D eigenvalue weighted by atomic mass is 9.91. The number of carbonyl (C=O) groups excluding carboxylic acids is 1. The van der Waals surface area contributed by atoms with E-state index in [-0.39, 0.29) is 5.75 Å². The first kappa shape index (κ1) is 30.6. The first-order valence-corrected chi connectivity index (χ1v) is 13.5. The highest BCUT2D eigenvalue weighted by Gasteiger charge is 2.58. The highest BCUT2D eigenvalue weighted by molar-refractivity contribution is 7.52. The summed E-state index contributed by atoms with van der Waals surface area (Å²) in [4.78, 5) is 37.8. The van der Waals surface area contributed by atoms with Crippen LogP contribution in [0.15, 0.2) is 46.1 Å². The van der Waals surface area contributed by atoms with Crippen molar-refractivity contribution in [2.75, 3.05) is 6.67 Å². The van der Waals surface area contributed by atoms with E-state index in [1.165, 1.54) is 26.0 Å². The maximum Gasteiger partial charge on any atom is 0.459 e. The largest absolute Gasteiger partial charge is 0.462 e. The molecule has 16 heteroatoms. The Bertz CT molecular complexity index is 1320. The fraction of sp³-hybridized carbons (Fsp3) is 0.522. The Morgan fingerprint density at radius 1 is 1.28 bits per heavy atom. The van der Waals surface area contributed by atoms with Crippen molar-refractivity contribution in [2.24, 2.45) is 5.73 Å². The zero-order valence-electron chi connectivity index (χ0n) is 21.6. The number of benzene rings is 1. The van der Waals surface area contributed by atoms with Crippen LogP contribution in [-0.4, -0.2) is 63.3 Å². The van der Waals surface area contributed by atoms with Gasteiger partial charge in [0.15, 0.2) is 6.23 Å². The fourth-order valence-corrected chi connectivity index (χ4v) is 5.57. The molecular weight excluding hydrogens is 545 g/mol. The Labute approximate surface area is 221 Å². The third kappa shape index (κ3) is 6.80. The molecule has 13 nitrogen and oxygen atoms in total. The van der Waals surface area contributed by atoms with Crippen LogP contribution < -0.4 is 26.6 Å². The van der Waals surface area contributed by atoms with Crippen LogP contribution in [0.3, 0.4) is 0 Å². The number of H-pyrrole nitrogens is 1. The lowest BCUT2D eigenvalue weighted by Gasteiger charge is -2.31. The van der Waals surface area contributed by atoms with E-state index in [0.717, 1.165) is 0 Å². The van der Waals surface area contributed by atoms with Crippen LogP contribution in [-0.2, 0) is 23.4 Å². The second kappa shape index (κ2) is 12.1. The van der Waals surface area contributed by atoms with Crippen molar-refractivity contribution in [3.8, 4) is 5.75 Å². The molecule has 1 aromatic heterocycles. The molecule has 0 radical (unpaired) electrons. The maximum absolute atomic E-state index is 14.2. The summed E-state index contributed by atoms with van der Waals surface area (Å²) >= 11 is 0. The van der Waals surface area contributed by atoms with Crippen molar-refractivity contribution >= 4 is 13.7 Å². The SMILES string of the molecule is CC(C)OC(=O)[C@H](C)NP(=O)(Oc1ccccc1)O[C@@H](C)[C@H]1O[C@@H](n2cc(F)c(=O)[nH]c2=O)[C@@](N)(CF)C1O. The van der Waals surface area contributed by atoms with Crippen LogP contribution in [0.2, 0.25) is 0 Å². The minimum Gasteiger partial charge on any atom is -0.462 e. The standard InChI is InChI=1S/C23H31F2N4O9P/c1-12(2)35-20(32)13(3)28-39(34,38-15-8-6-5-7-9-15)37-14(4)17-18(30)23(26,11-24)21(36-17)29-10-16(25)19(31)27-22(29)33/h5-10,12-14,17-18,21,30H,11,26H2,1-4H3,(H,28,34)(H,27,31,33)/t13-,14-,17+,18?,21+,23+,39?/m0/s1. The Balaban J connectivity index is 1.91. The predicted molar refractivity (Wildman–Crippen MR) is 133 cm³/mol. The highest BCUT2D eigenvalue weighted by Crippen LogP contribution is 2.48. The van der Waals surface area contributed by atoms with Gasteiger partial charge in [0.25, 0.3) is 5.56 Å². The molecule has 7 atom stereocenters. The summed E-state index contributed by atoms with van der Waals surface area (Å²) in [6, 6.07) is 6.64. The molecule has 0 saturated carbocycles. The lowest BCUT2D eigenvalue weighted by Crippen LogP contribution is -2.58. The summed E-state index contributed by atoms with van der Waals surface area (Å²) in [6.45, 7) is 4.47. The highest BCUT2D eigenvalue weighted by atomic mass is 31.2. The number of aromatic nitrogens is 2. The van der Waals surface area contributed by atoms with Gasteiger partial charge in [0.2, 0.25) is 5.82 Å². The maximum atomic E-state index is 14.2. The number of halogens is 2. The van der Waals surface area contributed by atoms with E-state index in [0.29, 0.717) is 10.8 Å². The molecular formula is C23H31F2N4O9P. The number of aromatic amines is 1. The van der Waals surface area contributed by atoms with Gasteiger partial charge in [-0.25, -0.2) is 13.8 Å². The van der Waals surface area contributed by atoms with E-state index in [1.54, 1.807) is 37.0 Å². The zero-order valence-corrected chi connectivity index (χ0v) is 22.5. The van der Waals surface area contributed by atoms with Gasteiger partial charge < -0.3 is 24.8 Å². The van der Waals surface area contributed by atoms with E-state index in [9.17, 15) is 32.8 Å². The molecule has 1 saturated heterocycles. The number of carbonyl (C=O) groups is 1. The summed E-state index contributed by atoms with van der Waals surface area (Å²) in [5.74, 6) is -2.04. The van der Waals surface area contributed by atoms with Gasteiger partial charge in [-0.15, -0.1) is 0 Å². The number of ether oxygens (including phenoxy) is 2. The molecule has 2 heterocycles. The number of hydrogen-bond donors (Lipinski definition) is 4. The Hall–Kier alpha value is -2.94. The summed E-state index contributed by atoms with van der Waals surface area (Å²) in [7, 11) is -4.45. The Kier molecular flexibility index (Phi) is 9.47. The van der Waals surface area contributed by atoms with Gasteiger partial charge in [0.05, 0.1) is 18.4 Å². The minimum absolute atomic E-state index is 0.0999. The van der Waals surface area contributed by atoms with Gasteiger partial charge in [-0.05, 0) is 39.8 Å². The number of aliphatic hydroxyl groups excluding tert-OH is 1. The molecule has 3 rings (SSSR count). The van der Waals surface area contributed by atoms with Gasteiger partial charge in [0.1, 0.15) is 36.2 Å². The van der Waals surface area contributed by atoms with Crippen molar-refractivity contribution < 1.29 is 41.8 Å². The average molecular weight is 576 g/mol. The molecule has 1 aliphatic heterocycles. The third-order valence-electron chi connectivity index (χ3n) is 5.81. The van der Waals surface area contributed by atoms with E-state index in [2.05, 4.69) is 5.09 Å². The number of rotatable bonds is 11. The molecule has 2 aromatic rings. The van der Waals surface area contributed by atoms with Crippen molar-refractivity contribution in [3.63, 3.8) is 0 Å². The van der Waals surface area contributed by atoms with E-state index in [1.807, 2.05) is 0 Å². The number of para-hydroxylation sites is 1. The average Bonchev–Trinajstić information content (AvgIpc) is 3.12. The molecule has 1 fully saturated rings. The summed E-state index contributed by atoms with van der Waals surface area (Å²) in [6.07, 6.45) is -6.58. The first-order valence-electron chi connectivity index (χ1n) is 11.9. The molecule has 1 aromatic carbocycles. The third-order valence-corrected chi connectivity index (χ3v) is 7.57. The fourth-order valence-electron chi connectivity index (χ4n) is 3.88. The lowest BCUT2D eigenvalue weighted by molar-refractivity contribution is -0.149. The summed E-state index contributed by atoms with van der Waals surface area (Å²) in [5.41, 5.74) is 1.27. The molecule has 39 heavy (non-hydrogen) atoms. The summed E-state index contributed by atoms with van der Waals surface area (Å²) in [5, 5.41) is 13.4. The van der Waals surface area contributed by atoms with Gasteiger partial charge in [-0.1, -0.05) is 18.2 Å². The molecule has 0 amide bonds. The number of nitrogens with zero attached hydrogens (tertiary/aromatic N) is 1. The van der Waals surface area contributed by atoms with Crippen LogP contribution in [0.5, 0.6) is 5.75 Å². The predicted octanol–water partition coefficient (Wildman–Crippen LogP) is 1.12. The van der Waals surface area contributed by atoms with Crippen molar-refractivity contribution in [1.29, 1.82) is 0 Å². The van der Waals surface area contributed by atoms with Gasteiger partial charge in [-0.2, -0.15) is 9.48 Å². The van der Waals surface area contributed by atoms with Gasteiger partial charge in [-0.3, -0.25) is 23.7 Å². The minimum atomic E-state index is -4.45. The molecule has 216 valence electrons. The number of nitrogens with one attached hydrogen (secondary N) is 2. The van der Waals surface area contributed by atoms with Gasteiger partial charge >= 0.3 is 19.4 Å². The van der Waals surface area contributed by atoms with Crippen molar-refractivity contribution in [2.45, 2.75) is 69.9 Å². The molecule has 0 aliphatic carbocycles. The first-order chi connectivity index (χ1) is 18.2. The number of nitrogens with two attached hydrogens (primary N) is 1. The quantitative estimate of drug-likeness (QED) is 0.222. The molecule has 2 unspecified atom stereocenters. The Morgan fingerprint density at radius 2 is 1.92 bits per heavy atom. The van der Waals surface area contributed by atoms with Crippen LogP contribution in [0, 0.1) is 5.82 Å². The normalized spacial score (nSPS) is 26.1. The summed E-state index contributed by atoms with van der Waals surface area (Å²) < 4.78 is 64.4. The monoisotopic (exact) mass is 576 g/mol. The van der Waals surface area contributed by atoms with Gasteiger partial charge in [0, 0.05) is 0 Å². The molecule has 0 bridgehead atoms. The smallest absolute Gasteiger partial charge is 0.459 e.